The number of nitrogens with two attached hydrogens (primary N) is 1. The van der Waals surface area contributed by atoms with Crippen molar-refractivity contribution in [2.24, 2.45) is 0 Å². The molecule has 0 saturated heterocycles. The summed E-state index contributed by atoms with van der Waals surface area (Å²) < 4.78 is 54.3. The van der Waals surface area contributed by atoms with Gasteiger partial charge in [0.05, 0.1) is 5.69 Å². The van der Waals surface area contributed by atoms with Gasteiger partial charge in [0.15, 0.2) is 5.75 Å². The monoisotopic (exact) mass is 300 g/mol. The van der Waals surface area contributed by atoms with Crippen LogP contribution < -0.4 is 15.8 Å². The number of nitrogen functional groups attached to an aromatic ring is 1. The minimum atomic E-state index is -4.81. The van der Waals surface area contributed by atoms with Gasteiger partial charge in [-0.25, -0.2) is 4.39 Å². The summed E-state index contributed by atoms with van der Waals surface area (Å²) in [5.74, 6) is -0.998. The molecule has 0 fully saturated rings. The number of anilines is 3. The van der Waals surface area contributed by atoms with Crippen LogP contribution in [0.4, 0.5) is 34.6 Å². The molecule has 0 heterocycles. The fourth-order valence-electron chi connectivity index (χ4n) is 1.76. The topological polar surface area (TPSA) is 47.3 Å². The Morgan fingerprint density at radius 2 is 1.76 bits per heavy atom. The van der Waals surface area contributed by atoms with Crippen LogP contribution in [0.25, 0.3) is 0 Å². The predicted octanol–water partition coefficient (Wildman–Crippen LogP) is 4.36. The number of hydrogen-bond donors (Lipinski definition) is 2. The zero-order chi connectivity index (χ0) is 15.6. The Hall–Kier alpha value is -2.44. The first-order valence-corrected chi connectivity index (χ1v) is 5.93. The predicted molar refractivity (Wildman–Crippen MR) is 72.0 cm³/mol. The Balaban J connectivity index is 2.36. The molecule has 0 saturated carbocycles. The van der Waals surface area contributed by atoms with Crippen LogP contribution in [0.5, 0.6) is 5.75 Å². The molecular formula is C14H12F4N2O. The normalized spacial score (nSPS) is 11.3. The summed E-state index contributed by atoms with van der Waals surface area (Å²) in [6.45, 7) is 1.63. The average Bonchev–Trinajstić information content (AvgIpc) is 2.36. The summed E-state index contributed by atoms with van der Waals surface area (Å²) >= 11 is 0. The van der Waals surface area contributed by atoms with E-state index in [1.807, 2.05) is 0 Å². The second kappa shape index (κ2) is 5.51. The largest absolute Gasteiger partial charge is 0.573 e. The van der Waals surface area contributed by atoms with Gasteiger partial charge >= 0.3 is 6.36 Å². The zero-order valence-electron chi connectivity index (χ0n) is 11.0. The molecule has 0 aliphatic rings. The van der Waals surface area contributed by atoms with Crippen LogP contribution in [0.1, 0.15) is 5.56 Å². The van der Waals surface area contributed by atoms with Gasteiger partial charge < -0.3 is 15.8 Å². The average molecular weight is 300 g/mol. The molecule has 3 N–H and O–H groups in total. The fourth-order valence-corrected chi connectivity index (χ4v) is 1.76. The molecule has 0 unspecified atom stereocenters. The van der Waals surface area contributed by atoms with Crippen LogP contribution in [-0.2, 0) is 0 Å². The molecule has 3 nitrogen and oxygen atoms in total. The summed E-state index contributed by atoms with van der Waals surface area (Å²) in [4.78, 5) is 0. The number of nitrogens with one attached hydrogen (secondary N) is 1. The van der Waals surface area contributed by atoms with Crippen molar-refractivity contribution in [3.8, 4) is 5.75 Å². The third-order valence-corrected chi connectivity index (χ3v) is 2.79. The summed E-state index contributed by atoms with van der Waals surface area (Å²) in [5, 5.41) is 2.70. The Bertz CT molecular complexity index is 656. The molecule has 0 spiro atoms. The number of rotatable bonds is 3. The number of ether oxygens (including phenoxy) is 1. The molecule has 0 amide bonds. The Kier molecular flexibility index (Phi) is 3.93. The highest BCUT2D eigenvalue weighted by Gasteiger charge is 2.32. The minimum Gasteiger partial charge on any atom is -0.404 e. The molecule has 0 radical (unpaired) electrons. The lowest BCUT2D eigenvalue weighted by Gasteiger charge is -2.16. The molecule has 0 aromatic heterocycles. The maximum atomic E-state index is 13.4. The lowest BCUT2D eigenvalue weighted by molar-refractivity contribution is -0.274. The second-order valence-corrected chi connectivity index (χ2v) is 4.34. The van der Waals surface area contributed by atoms with Gasteiger partial charge in [-0.15, -0.1) is 13.2 Å². The fraction of sp³-hybridized carbons (Fsp3) is 0.143. The molecule has 112 valence electrons. The van der Waals surface area contributed by atoms with Crippen molar-refractivity contribution in [3.05, 3.63) is 47.8 Å². The quantitative estimate of drug-likeness (QED) is 0.654. The first kappa shape index (κ1) is 15.0. The van der Waals surface area contributed by atoms with Crippen molar-refractivity contribution in [1.29, 1.82) is 0 Å². The first-order valence-electron chi connectivity index (χ1n) is 5.93. The summed E-state index contributed by atoms with van der Waals surface area (Å²) in [6, 6.07) is 7.77. The van der Waals surface area contributed by atoms with E-state index in [2.05, 4.69) is 10.1 Å². The highest BCUT2D eigenvalue weighted by atomic mass is 19.4. The molecule has 2 rings (SSSR count). The standard InChI is InChI=1S/C14H12F4N2O/c1-8-10(19)6-9(15)7-12(8)20-11-4-2-3-5-13(11)21-14(16,17)18/h2-7,20H,19H2,1H3. The number of benzene rings is 2. The maximum absolute atomic E-state index is 13.4. The molecule has 0 atom stereocenters. The molecule has 0 bridgehead atoms. The van der Waals surface area contributed by atoms with Crippen LogP contribution >= 0.6 is 0 Å². The smallest absolute Gasteiger partial charge is 0.404 e. The van der Waals surface area contributed by atoms with Gasteiger partial charge in [-0.2, -0.15) is 0 Å². The Morgan fingerprint density at radius 1 is 1.10 bits per heavy atom. The van der Waals surface area contributed by atoms with E-state index in [-0.39, 0.29) is 17.1 Å². The van der Waals surface area contributed by atoms with Gasteiger partial charge in [-0.05, 0) is 36.8 Å². The van der Waals surface area contributed by atoms with Gasteiger partial charge in [0.2, 0.25) is 0 Å². The van der Waals surface area contributed by atoms with Crippen LogP contribution in [0.2, 0.25) is 0 Å². The molecule has 0 aliphatic heterocycles. The van der Waals surface area contributed by atoms with Crippen molar-refractivity contribution >= 4 is 17.1 Å². The van der Waals surface area contributed by atoms with Gasteiger partial charge in [-0.3, -0.25) is 0 Å². The van der Waals surface area contributed by atoms with E-state index in [0.29, 0.717) is 5.56 Å². The zero-order valence-corrected chi connectivity index (χ0v) is 11.0. The van der Waals surface area contributed by atoms with Crippen molar-refractivity contribution in [1.82, 2.24) is 0 Å². The number of hydrogen-bond acceptors (Lipinski definition) is 3. The number of alkyl halides is 3. The molecule has 7 heteroatoms. The van der Waals surface area contributed by atoms with Crippen LogP contribution in [0.3, 0.4) is 0 Å². The highest BCUT2D eigenvalue weighted by molar-refractivity contribution is 5.72. The van der Waals surface area contributed by atoms with E-state index < -0.39 is 17.9 Å². The van der Waals surface area contributed by atoms with Crippen molar-refractivity contribution < 1.29 is 22.3 Å². The third-order valence-electron chi connectivity index (χ3n) is 2.79. The van der Waals surface area contributed by atoms with E-state index in [9.17, 15) is 17.6 Å². The van der Waals surface area contributed by atoms with E-state index >= 15 is 0 Å². The van der Waals surface area contributed by atoms with Crippen LogP contribution in [-0.4, -0.2) is 6.36 Å². The van der Waals surface area contributed by atoms with E-state index in [4.69, 9.17) is 5.73 Å². The van der Waals surface area contributed by atoms with Crippen molar-refractivity contribution in [3.63, 3.8) is 0 Å². The van der Waals surface area contributed by atoms with Crippen LogP contribution in [0, 0.1) is 12.7 Å². The van der Waals surface area contributed by atoms with Crippen molar-refractivity contribution in [2.75, 3.05) is 11.1 Å². The summed E-state index contributed by atoms with van der Waals surface area (Å²) in [7, 11) is 0. The minimum absolute atomic E-state index is 0.0583. The molecule has 2 aromatic rings. The molecular weight excluding hydrogens is 288 g/mol. The SMILES string of the molecule is Cc1c(N)cc(F)cc1Nc1ccccc1OC(F)(F)F. The molecule has 2 aromatic carbocycles. The van der Waals surface area contributed by atoms with Crippen LogP contribution in [0.15, 0.2) is 36.4 Å². The van der Waals surface area contributed by atoms with E-state index in [0.717, 1.165) is 18.2 Å². The van der Waals surface area contributed by atoms with E-state index in [1.165, 1.54) is 18.2 Å². The lowest BCUT2D eigenvalue weighted by Crippen LogP contribution is -2.17. The summed E-state index contributed by atoms with van der Waals surface area (Å²) in [6.07, 6.45) is -4.81. The lowest BCUT2D eigenvalue weighted by atomic mass is 10.1. The first-order chi connectivity index (χ1) is 9.76. The Morgan fingerprint density at radius 3 is 2.43 bits per heavy atom. The molecule has 0 aliphatic carbocycles. The maximum Gasteiger partial charge on any atom is 0.573 e. The van der Waals surface area contributed by atoms with Gasteiger partial charge in [0.25, 0.3) is 0 Å². The number of halogens is 4. The Labute approximate surface area is 118 Å². The highest BCUT2D eigenvalue weighted by Crippen LogP contribution is 2.34. The van der Waals surface area contributed by atoms with E-state index in [1.54, 1.807) is 6.92 Å². The van der Waals surface area contributed by atoms with Crippen molar-refractivity contribution in [2.45, 2.75) is 13.3 Å². The summed E-state index contributed by atoms with van der Waals surface area (Å²) in [5.41, 5.74) is 6.68. The second-order valence-electron chi connectivity index (χ2n) is 4.34. The van der Waals surface area contributed by atoms with Gasteiger partial charge in [-0.1, -0.05) is 12.1 Å². The number of para-hydroxylation sites is 2. The van der Waals surface area contributed by atoms with Gasteiger partial charge in [0.1, 0.15) is 5.82 Å². The molecule has 21 heavy (non-hydrogen) atoms. The third kappa shape index (κ3) is 3.77. The van der Waals surface area contributed by atoms with Gasteiger partial charge in [0, 0.05) is 11.4 Å².